The third-order valence-electron chi connectivity index (χ3n) is 16.7. The molecule has 0 aliphatic carbocycles. The number of esters is 3. The molecule has 24 nitrogen and oxygen atoms in total. The van der Waals surface area contributed by atoms with Gasteiger partial charge < -0.3 is 67.5 Å². The molecular weight excluding hydrogens is 1440 g/mol. The second-order valence-corrected chi connectivity index (χ2v) is 30.6. The van der Waals surface area contributed by atoms with Gasteiger partial charge in [-0.3, -0.25) is 28.8 Å². The number of allylic oxidation sites excluding steroid dienone is 14. The van der Waals surface area contributed by atoms with Crippen molar-refractivity contribution < 1.29 is 76.4 Å². The van der Waals surface area contributed by atoms with Crippen LogP contribution in [0.2, 0.25) is 0 Å². The Bertz CT molecular complexity index is 3670. The fraction of sp³-hybridized carbons (Fsp3) is 0.482. The molecule has 8 amide bonds. The lowest BCUT2D eigenvalue weighted by molar-refractivity contribution is -0.148. The number of nitrogens with two attached hydrogens (primary N) is 3. The van der Waals surface area contributed by atoms with E-state index in [1.807, 2.05) is 152 Å². The summed E-state index contributed by atoms with van der Waals surface area (Å²) < 4.78 is 26.4. The summed E-state index contributed by atoms with van der Waals surface area (Å²) >= 11 is 11.7. The van der Waals surface area contributed by atoms with Crippen molar-refractivity contribution in [1.82, 2.24) is 26.6 Å². The first-order valence-corrected chi connectivity index (χ1v) is 37.0. The van der Waals surface area contributed by atoms with E-state index in [2.05, 4.69) is 26.6 Å². The van der Waals surface area contributed by atoms with Crippen molar-refractivity contribution in [3.63, 3.8) is 0 Å². The monoisotopic (exact) mass is 1550 g/mol. The van der Waals surface area contributed by atoms with Gasteiger partial charge >= 0.3 is 30.1 Å². The van der Waals surface area contributed by atoms with Gasteiger partial charge in [-0.2, -0.15) is 0 Å². The molecular formula is C83H118Cl2N8O16. The summed E-state index contributed by atoms with van der Waals surface area (Å²) in [6.07, 6.45) is 41.0. The number of hydrogen-bond acceptors (Lipinski definition) is 16. The highest BCUT2D eigenvalue weighted by Gasteiger charge is 2.34. The van der Waals surface area contributed by atoms with Gasteiger partial charge in [-0.1, -0.05) is 232 Å². The number of amides is 8. The average Bonchev–Trinajstić information content (AvgIpc) is 0.849. The van der Waals surface area contributed by atoms with Crippen molar-refractivity contribution >= 4 is 88.7 Å². The van der Waals surface area contributed by atoms with E-state index in [1.165, 1.54) is 30.6 Å². The lowest BCUT2D eigenvalue weighted by Crippen LogP contribution is -2.52. The normalized spacial score (nSPS) is 19.4. The van der Waals surface area contributed by atoms with Gasteiger partial charge in [0.1, 0.15) is 48.6 Å². The second kappa shape index (κ2) is 50.0. The molecule has 11 unspecified atom stereocenters. The van der Waals surface area contributed by atoms with E-state index >= 15 is 0 Å². The molecule has 0 spiro atoms. The van der Waals surface area contributed by atoms with E-state index in [9.17, 15) is 52.7 Å². The Kier molecular flexibility index (Phi) is 44.6. The predicted molar refractivity (Wildman–Crippen MR) is 428 cm³/mol. The van der Waals surface area contributed by atoms with Crippen LogP contribution in [0.15, 0.2) is 190 Å². The number of carbonyl (C=O) groups is 11. The molecule has 0 fully saturated rings. The van der Waals surface area contributed by atoms with Crippen molar-refractivity contribution in [3.05, 3.63) is 190 Å². The third kappa shape index (κ3) is 42.5. The van der Waals surface area contributed by atoms with Crippen molar-refractivity contribution in [2.45, 2.75) is 225 Å². The fourth-order valence-electron chi connectivity index (χ4n) is 10.4. The number of halogens is 2. The van der Waals surface area contributed by atoms with Crippen LogP contribution < -0.4 is 43.8 Å². The Morgan fingerprint density at radius 1 is 0.477 bits per heavy atom. The van der Waals surface area contributed by atoms with Crippen LogP contribution in [-0.4, -0.2) is 114 Å². The fourth-order valence-corrected chi connectivity index (χ4v) is 10.6. The van der Waals surface area contributed by atoms with Crippen molar-refractivity contribution in [2.75, 3.05) is 0 Å². The summed E-state index contributed by atoms with van der Waals surface area (Å²) in [6, 6.07) is -2.32. The molecule has 0 bridgehead atoms. The Morgan fingerprint density at radius 2 is 0.780 bits per heavy atom. The minimum Gasteiger partial charge on any atom is -0.458 e. The second-order valence-electron chi connectivity index (χ2n) is 29.4. The van der Waals surface area contributed by atoms with Gasteiger partial charge in [0.05, 0.1) is 0 Å². The number of cyclic esters (lactones) is 3. The molecule has 0 saturated heterocycles. The van der Waals surface area contributed by atoms with Crippen LogP contribution in [0.5, 0.6) is 0 Å². The summed E-state index contributed by atoms with van der Waals surface area (Å²) in [4.78, 5) is 131. The Balaban J connectivity index is 0.000000833. The highest BCUT2D eigenvalue weighted by atomic mass is 35.5. The van der Waals surface area contributed by atoms with Gasteiger partial charge in [0, 0.05) is 108 Å². The summed E-state index contributed by atoms with van der Waals surface area (Å²) in [5, 5.41) is 14.5. The lowest BCUT2D eigenvalue weighted by atomic mass is 9.86. The first kappa shape index (κ1) is 97.2. The molecule has 3 rings (SSSR count). The van der Waals surface area contributed by atoms with Crippen molar-refractivity contribution in [2.24, 2.45) is 51.7 Å². The molecule has 3 aliphatic heterocycles. The van der Waals surface area contributed by atoms with Gasteiger partial charge in [-0.15, -0.1) is 0 Å². The van der Waals surface area contributed by atoms with E-state index in [-0.39, 0.29) is 71.7 Å². The predicted octanol–water partition coefficient (Wildman–Crippen LogP) is 13.6. The minimum absolute atomic E-state index is 0.0357. The molecule has 11 N–H and O–H groups in total. The lowest BCUT2D eigenvalue weighted by Gasteiger charge is -2.29. The number of nitrogens with one attached hydrogen (secondary N) is 5. The molecule has 0 radical (unpaired) electrons. The number of rotatable bonds is 34. The molecule has 11 atom stereocenters. The van der Waals surface area contributed by atoms with Crippen LogP contribution in [0.1, 0.15) is 176 Å². The smallest absolute Gasteiger partial charge is 0.404 e. The number of carbonyl (C=O) groups excluding carboxylic acids is 11. The SMILES string of the molecule is CC1=CCC(C(C)/C=C(C)/C=C/C=C\C(=O)NC(C(=O)N/C=C\CC(C/C=C(\C)Cl)OC(N)=O)C(C)C)OC1=O.CC1=CCC(C(C)/C=C(C)/C=C\C=C/C(=O)NC(C(N)=O)C(C)(C)C)OC1=O.CC1=CCC(C(C)/C=C(C)/C=C\C=C\C(=O)NC(C(=O)N/C=C\CC(C/C=C(\C)Cl)OC(N)=O)C(C)(C)C)OC1=O. The highest BCUT2D eigenvalue weighted by molar-refractivity contribution is 6.29. The van der Waals surface area contributed by atoms with Crippen LogP contribution >= 0.6 is 23.2 Å². The number of hydrogen-bond donors (Lipinski definition) is 8. The van der Waals surface area contributed by atoms with Gasteiger partial charge in [0.25, 0.3) is 0 Å². The molecule has 3 aliphatic rings. The van der Waals surface area contributed by atoms with E-state index in [0.29, 0.717) is 71.7 Å². The maximum Gasteiger partial charge on any atom is 0.404 e. The standard InChI is InChI=1S/C31H44ClN3O6.C30H42ClN3O6.C22H32N2O4/c1-20(19-22(3)25-17-14-21(2)29(38)41-25)11-8-9-13-26(36)35-27(31(5,6)7)28(37)34-18-10-12-24(40-30(33)39)16-15-23(4)32;1-19(2)27(28(36)33-17-9-11-24(39-30(32)38)15-14-23(6)31)34-26(35)12-8-7-10-20(3)18-22(5)25-16-13-21(4)29(37)40-25;1-14(13-16(3)17-12-11-15(2)21(27)28-17)9-7-8-10-18(25)24-19(20(23)26)22(4,5)6/h8-11,13-15,18-19,22,24-25,27H,12,16-17H2,1-7H3,(H2,33,39)(H,34,37)(H,35,36);7-10,12-14,17-19,22,24-25,27H,11,15-16H2,1-6H3,(H2,32,38)(H,33,36)(H,34,35);7-11,13,16-17,19H,12H2,1-6H3,(H2,23,26)(H,24,25)/b11-8-,13-9+,18-10-,20-19+,23-15+;10-7+,12-8-,17-9-,20-18+,23-14+;9-7-,10-8-,14-13+. The van der Waals surface area contributed by atoms with E-state index in [0.717, 1.165) is 16.7 Å². The molecule has 600 valence electrons. The molecule has 0 aromatic heterocycles. The zero-order chi connectivity index (χ0) is 82.9. The Morgan fingerprint density at radius 3 is 1.06 bits per heavy atom. The molecule has 0 aromatic carbocycles. The van der Waals surface area contributed by atoms with Crippen LogP contribution in [0.4, 0.5) is 9.59 Å². The van der Waals surface area contributed by atoms with Gasteiger partial charge in [-0.25, -0.2) is 24.0 Å². The summed E-state index contributed by atoms with van der Waals surface area (Å²) in [5.41, 5.74) is 19.4. The van der Waals surface area contributed by atoms with Crippen LogP contribution in [0.25, 0.3) is 0 Å². The zero-order valence-electron chi connectivity index (χ0n) is 66.8. The van der Waals surface area contributed by atoms with Gasteiger partial charge in [0.15, 0.2) is 0 Å². The van der Waals surface area contributed by atoms with E-state index in [4.69, 9.17) is 64.1 Å². The molecule has 109 heavy (non-hydrogen) atoms. The Hall–Kier alpha value is -9.81. The maximum atomic E-state index is 12.9. The third-order valence-corrected chi connectivity index (χ3v) is 17.0. The van der Waals surface area contributed by atoms with Gasteiger partial charge in [0.2, 0.25) is 35.4 Å². The molecule has 0 saturated carbocycles. The molecule has 0 aromatic rings. The maximum absolute atomic E-state index is 12.9. The Labute approximate surface area is 654 Å². The van der Waals surface area contributed by atoms with Crippen molar-refractivity contribution in [1.29, 1.82) is 0 Å². The van der Waals surface area contributed by atoms with Crippen LogP contribution in [0, 0.1) is 34.5 Å². The van der Waals surface area contributed by atoms with Crippen LogP contribution in [0.3, 0.4) is 0 Å². The summed E-state index contributed by atoms with van der Waals surface area (Å²) in [5.74, 6) is -3.38. The molecule has 26 heteroatoms. The highest BCUT2D eigenvalue weighted by Crippen LogP contribution is 2.26. The largest absolute Gasteiger partial charge is 0.458 e. The van der Waals surface area contributed by atoms with E-state index in [1.54, 1.807) is 95.4 Å². The average molecular weight is 1550 g/mol. The van der Waals surface area contributed by atoms with Gasteiger partial charge in [-0.05, 0) is 84.5 Å². The van der Waals surface area contributed by atoms with Crippen LogP contribution in [-0.2, 0) is 66.8 Å². The van der Waals surface area contributed by atoms with Crippen molar-refractivity contribution in [3.8, 4) is 0 Å². The first-order chi connectivity index (χ1) is 50.8. The molecule has 3 heterocycles. The summed E-state index contributed by atoms with van der Waals surface area (Å²) in [6.45, 7) is 35.1. The zero-order valence-corrected chi connectivity index (χ0v) is 68.3. The number of primary amides is 3. The first-order valence-electron chi connectivity index (χ1n) is 36.2. The topological polar surface area (TPSA) is 372 Å². The quantitative estimate of drug-likeness (QED) is 0.0128. The minimum atomic E-state index is -0.897. The number of ether oxygens (including phenoxy) is 5. The summed E-state index contributed by atoms with van der Waals surface area (Å²) in [7, 11) is 0. The van der Waals surface area contributed by atoms with E-state index < -0.39 is 77.0 Å².